The molecule has 0 spiro atoms. The minimum atomic E-state index is -0.299. The van der Waals surface area contributed by atoms with Crippen molar-refractivity contribution in [3.05, 3.63) is 29.8 Å². The van der Waals surface area contributed by atoms with E-state index >= 15 is 0 Å². The Balaban J connectivity index is 2.29. The molecular formula is C14H23NO2. The van der Waals surface area contributed by atoms with Crippen LogP contribution < -0.4 is 10.1 Å². The average molecular weight is 237 g/mol. The minimum absolute atomic E-state index is 0.299. The summed E-state index contributed by atoms with van der Waals surface area (Å²) in [5.74, 6) is 0.928. The molecule has 3 heteroatoms. The van der Waals surface area contributed by atoms with Crippen LogP contribution in [0.5, 0.6) is 5.75 Å². The van der Waals surface area contributed by atoms with E-state index in [4.69, 9.17) is 9.84 Å². The first-order valence-corrected chi connectivity index (χ1v) is 6.33. The molecule has 96 valence electrons. The maximum atomic E-state index is 9.11. The number of unbranched alkanes of at least 4 members (excludes halogenated alkanes) is 1. The first-order valence-electron chi connectivity index (χ1n) is 6.33. The fourth-order valence-corrected chi connectivity index (χ4v) is 1.46. The van der Waals surface area contributed by atoms with Gasteiger partial charge in [-0.3, -0.25) is 0 Å². The lowest BCUT2D eigenvalue weighted by Crippen LogP contribution is -2.23. The SMILES string of the molecule is CCCCOc1ccc(CNCC(C)O)cc1. The van der Waals surface area contributed by atoms with E-state index in [1.54, 1.807) is 6.92 Å². The van der Waals surface area contributed by atoms with Gasteiger partial charge in [0.05, 0.1) is 12.7 Å². The van der Waals surface area contributed by atoms with Crippen LogP contribution in [0, 0.1) is 0 Å². The third-order valence-electron chi connectivity index (χ3n) is 2.46. The van der Waals surface area contributed by atoms with Crippen molar-refractivity contribution < 1.29 is 9.84 Å². The standard InChI is InChI=1S/C14H23NO2/c1-3-4-9-17-14-7-5-13(6-8-14)11-15-10-12(2)16/h5-8,12,15-16H,3-4,9-11H2,1-2H3. The summed E-state index contributed by atoms with van der Waals surface area (Å²) in [5, 5.41) is 12.3. The van der Waals surface area contributed by atoms with Gasteiger partial charge >= 0.3 is 0 Å². The summed E-state index contributed by atoms with van der Waals surface area (Å²) in [6.45, 7) is 6.11. The summed E-state index contributed by atoms with van der Waals surface area (Å²) < 4.78 is 5.58. The zero-order valence-corrected chi connectivity index (χ0v) is 10.8. The van der Waals surface area contributed by atoms with Crippen molar-refractivity contribution in [1.82, 2.24) is 5.32 Å². The second-order valence-corrected chi connectivity index (χ2v) is 4.33. The Labute approximate surface area is 104 Å². The summed E-state index contributed by atoms with van der Waals surface area (Å²) >= 11 is 0. The molecule has 0 aliphatic heterocycles. The molecule has 1 aromatic carbocycles. The third kappa shape index (κ3) is 6.29. The van der Waals surface area contributed by atoms with Gasteiger partial charge in [-0.2, -0.15) is 0 Å². The van der Waals surface area contributed by atoms with Gasteiger partial charge in [-0.15, -0.1) is 0 Å². The van der Waals surface area contributed by atoms with Gasteiger partial charge in [0.1, 0.15) is 5.75 Å². The van der Waals surface area contributed by atoms with Crippen LogP contribution in [0.25, 0.3) is 0 Å². The van der Waals surface area contributed by atoms with Gasteiger partial charge < -0.3 is 15.2 Å². The highest BCUT2D eigenvalue weighted by Gasteiger charge is 1.97. The van der Waals surface area contributed by atoms with E-state index in [0.717, 1.165) is 31.7 Å². The minimum Gasteiger partial charge on any atom is -0.494 e. The lowest BCUT2D eigenvalue weighted by atomic mass is 10.2. The smallest absolute Gasteiger partial charge is 0.119 e. The molecule has 1 atom stereocenters. The summed E-state index contributed by atoms with van der Waals surface area (Å²) in [7, 11) is 0. The Hall–Kier alpha value is -1.06. The van der Waals surface area contributed by atoms with Crippen LogP contribution >= 0.6 is 0 Å². The Kier molecular flexibility index (Phi) is 6.67. The predicted molar refractivity (Wildman–Crippen MR) is 70.2 cm³/mol. The van der Waals surface area contributed by atoms with Gasteiger partial charge in [0.25, 0.3) is 0 Å². The maximum absolute atomic E-state index is 9.11. The third-order valence-corrected chi connectivity index (χ3v) is 2.46. The molecule has 1 rings (SSSR count). The molecule has 0 fully saturated rings. The van der Waals surface area contributed by atoms with E-state index in [1.165, 1.54) is 5.56 Å². The van der Waals surface area contributed by atoms with Crippen LogP contribution in [-0.2, 0) is 6.54 Å². The molecule has 2 N–H and O–H groups in total. The molecule has 0 saturated heterocycles. The van der Waals surface area contributed by atoms with E-state index in [2.05, 4.69) is 24.4 Å². The Morgan fingerprint density at radius 3 is 2.59 bits per heavy atom. The number of ether oxygens (including phenoxy) is 1. The Morgan fingerprint density at radius 1 is 1.29 bits per heavy atom. The van der Waals surface area contributed by atoms with Crippen molar-refractivity contribution in [2.75, 3.05) is 13.2 Å². The first-order chi connectivity index (χ1) is 8.22. The van der Waals surface area contributed by atoms with Crippen molar-refractivity contribution in [1.29, 1.82) is 0 Å². The molecule has 0 saturated carbocycles. The highest BCUT2D eigenvalue weighted by Crippen LogP contribution is 2.12. The Bertz CT molecular complexity index is 296. The van der Waals surface area contributed by atoms with Gasteiger partial charge in [0.15, 0.2) is 0 Å². The fourth-order valence-electron chi connectivity index (χ4n) is 1.46. The number of hydrogen-bond acceptors (Lipinski definition) is 3. The number of aliphatic hydroxyl groups is 1. The highest BCUT2D eigenvalue weighted by molar-refractivity contribution is 5.27. The molecule has 0 bridgehead atoms. The van der Waals surface area contributed by atoms with Crippen molar-refractivity contribution in [2.45, 2.75) is 39.3 Å². The lowest BCUT2D eigenvalue weighted by molar-refractivity contribution is 0.191. The van der Waals surface area contributed by atoms with Crippen LogP contribution in [-0.4, -0.2) is 24.4 Å². The van der Waals surface area contributed by atoms with E-state index in [0.29, 0.717) is 6.54 Å². The van der Waals surface area contributed by atoms with Gasteiger partial charge in [0, 0.05) is 13.1 Å². The largest absolute Gasteiger partial charge is 0.494 e. The molecule has 3 nitrogen and oxygen atoms in total. The molecule has 1 unspecified atom stereocenters. The second-order valence-electron chi connectivity index (χ2n) is 4.33. The van der Waals surface area contributed by atoms with Gasteiger partial charge in [-0.1, -0.05) is 25.5 Å². The van der Waals surface area contributed by atoms with Crippen LogP contribution in [0.1, 0.15) is 32.3 Å². The van der Waals surface area contributed by atoms with E-state index in [-0.39, 0.29) is 6.10 Å². The summed E-state index contributed by atoms with van der Waals surface area (Å²) in [6, 6.07) is 8.09. The predicted octanol–water partition coefficient (Wildman–Crippen LogP) is 2.34. The molecule has 0 aliphatic rings. The number of benzene rings is 1. The first kappa shape index (κ1) is 14.0. The van der Waals surface area contributed by atoms with Crippen molar-refractivity contribution >= 4 is 0 Å². The van der Waals surface area contributed by atoms with Crippen LogP contribution in [0.15, 0.2) is 24.3 Å². The molecule has 0 aromatic heterocycles. The van der Waals surface area contributed by atoms with Gasteiger partial charge in [-0.05, 0) is 31.0 Å². The molecule has 0 heterocycles. The molecule has 17 heavy (non-hydrogen) atoms. The van der Waals surface area contributed by atoms with Crippen LogP contribution in [0.2, 0.25) is 0 Å². The van der Waals surface area contributed by atoms with Crippen molar-refractivity contribution in [3.8, 4) is 5.75 Å². The molecule has 1 aromatic rings. The normalized spacial score (nSPS) is 12.4. The summed E-state index contributed by atoms with van der Waals surface area (Å²) in [6.07, 6.45) is 1.95. The number of hydrogen-bond donors (Lipinski definition) is 2. The molecule has 0 aliphatic carbocycles. The van der Waals surface area contributed by atoms with E-state index in [9.17, 15) is 0 Å². The maximum Gasteiger partial charge on any atom is 0.119 e. The zero-order valence-electron chi connectivity index (χ0n) is 10.8. The Morgan fingerprint density at radius 2 is 2.00 bits per heavy atom. The lowest BCUT2D eigenvalue weighted by Gasteiger charge is -2.08. The van der Waals surface area contributed by atoms with E-state index in [1.807, 2.05) is 12.1 Å². The van der Waals surface area contributed by atoms with Crippen molar-refractivity contribution in [2.24, 2.45) is 0 Å². The zero-order chi connectivity index (χ0) is 12.5. The quantitative estimate of drug-likeness (QED) is 0.682. The fraction of sp³-hybridized carbons (Fsp3) is 0.571. The number of rotatable bonds is 8. The molecular weight excluding hydrogens is 214 g/mol. The van der Waals surface area contributed by atoms with Crippen LogP contribution in [0.3, 0.4) is 0 Å². The second kappa shape index (κ2) is 8.09. The number of nitrogens with one attached hydrogen (secondary N) is 1. The summed E-state index contributed by atoms with van der Waals surface area (Å²) in [4.78, 5) is 0. The highest BCUT2D eigenvalue weighted by atomic mass is 16.5. The molecule has 0 radical (unpaired) electrons. The summed E-state index contributed by atoms with van der Waals surface area (Å²) in [5.41, 5.74) is 1.20. The molecule has 0 amide bonds. The topological polar surface area (TPSA) is 41.5 Å². The van der Waals surface area contributed by atoms with Gasteiger partial charge in [0.2, 0.25) is 0 Å². The van der Waals surface area contributed by atoms with E-state index < -0.39 is 0 Å². The van der Waals surface area contributed by atoms with Gasteiger partial charge in [-0.25, -0.2) is 0 Å². The average Bonchev–Trinajstić information content (AvgIpc) is 2.31. The number of aliphatic hydroxyl groups excluding tert-OH is 1. The van der Waals surface area contributed by atoms with Crippen molar-refractivity contribution in [3.63, 3.8) is 0 Å². The van der Waals surface area contributed by atoms with Crippen LogP contribution in [0.4, 0.5) is 0 Å². The monoisotopic (exact) mass is 237 g/mol.